The van der Waals surface area contributed by atoms with E-state index in [1.807, 2.05) is 0 Å². The van der Waals surface area contributed by atoms with Crippen LogP contribution in [-0.2, 0) is 5.54 Å². The summed E-state index contributed by atoms with van der Waals surface area (Å²) in [7, 11) is 0. The van der Waals surface area contributed by atoms with Gasteiger partial charge in [0.05, 0.1) is 0 Å². The Balaban J connectivity index is 2.43. The number of hydrogen-bond donors (Lipinski definition) is 1. The van der Waals surface area contributed by atoms with Crippen molar-refractivity contribution in [3.63, 3.8) is 0 Å². The van der Waals surface area contributed by atoms with E-state index in [1.54, 1.807) is 0 Å². The first-order chi connectivity index (χ1) is 7.54. The Kier molecular flexibility index (Phi) is 3.41. The molecule has 1 aromatic rings. The first kappa shape index (κ1) is 12.1. The van der Waals surface area contributed by atoms with Gasteiger partial charge in [-0.2, -0.15) is 0 Å². The molecule has 0 amide bonds. The van der Waals surface area contributed by atoms with Gasteiger partial charge in [0.25, 0.3) is 0 Å². The van der Waals surface area contributed by atoms with Crippen molar-refractivity contribution in [1.29, 1.82) is 0 Å². The Labute approximate surface area is 107 Å². The van der Waals surface area contributed by atoms with Gasteiger partial charge in [-0.05, 0) is 49.4 Å². The maximum atomic E-state index is 6.58. The molecule has 1 aromatic carbocycles. The molecule has 0 heterocycles. The zero-order valence-electron chi connectivity index (χ0n) is 10.1. The Morgan fingerprint density at radius 1 is 1.06 bits per heavy atom. The monoisotopic (exact) mass is 281 g/mol. The van der Waals surface area contributed by atoms with Crippen molar-refractivity contribution in [3.8, 4) is 0 Å². The highest BCUT2D eigenvalue weighted by Crippen LogP contribution is 2.38. The molecular formula is C14H20BrN. The van der Waals surface area contributed by atoms with Gasteiger partial charge in [-0.15, -0.1) is 0 Å². The summed E-state index contributed by atoms with van der Waals surface area (Å²) in [4.78, 5) is 0. The number of rotatable bonds is 1. The van der Waals surface area contributed by atoms with Crippen molar-refractivity contribution in [2.75, 3.05) is 0 Å². The van der Waals surface area contributed by atoms with Crippen LogP contribution in [0, 0.1) is 13.8 Å². The second-order valence-corrected chi connectivity index (χ2v) is 5.92. The summed E-state index contributed by atoms with van der Waals surface area (Å²) in [6.07, 6.45) is 6.15. The first-order valence-electron chi connectivity index (χ1n) is 6.10. The lowest BCUT2D eigenvalue weighted by Crippen LogP contribution is -2.39. The average Bonchev–Trinajstić information content (AvgIpc) is 2.27. The molecule has 1 saturated carbocycles. The number of halogens is 1. The van der Waals surface area contributed by atoms with Crippen molar-refractivity contribution in [1.82, 2.24) is 0 Å². The number of nitrogens with two attached hydrogens (primary N) is 1. The molecule has 0 aliphatic heterocycles. The van der Waals surface area contributed by atoms with E-state index in [0.717, 1.165) is 12.8 Å². The second kappa shape index (κ2) is 4.50. The van der Waals surface area contributed by atoms with E-state index in [9.17, 15) is 0 Å². The van der Waals surface area contributed by atoms with E-state index in [0.29, 0.717) is 0 Å². The fraction of sp³-hybridized carbons (Fsp3) is 0.571. The summed E-state index contributed by atoms with van der Waals surface area (Å²) in [5, 5.41) is 0. The fourth-order valence-corrected chi connectivity index (χ4v) is 3.21. The Hall–Kier alpha value is -0.340. The minimum atomic E-state index is -0.0756. The molecule has 88 valence electrons. The molecule has 0 aromatic heterocycles. The van der Waals surface area contributed by atoms with Gasteiger partial charge in [0.15, 0.2) is 0 Å². The van der Waals surface area contributed by atoms with Crippen LogP contribution in [0.4, 0.5) is 0 Å². The molecule has 0 bridgehead atoms. The molecule has 0 unspecified atom stereocenters. The molecule has 0 radical (unpaired) electrons. The van der Waals surface area contributed by atoms with E-state index in [2.05, 4.69) is 41.9 Å². The molecule has 2 heteroatoms. The molecule has 1 aliphatic rings. The number of hydrogen-bond acceptors (Lipinski definition) is 1. The third-order valence-corrected chi connectivity index (χ3v) is 4.86. The van der Waals surface area contributed by atoms with E-state index < -0.39 is 0 Å². The molecular weight excluding hydrogens is 262 g/mol. The Morgan fingerprint density at radius 3 is 2.31 bits per heavy atom. The van der Waals surface area contributed by atoms with Crippen molar-refractivity contribution in [3.05, 3.63) is 33.3 Å². The standard InChI is InChI=1S/C14H20BrN/c1-10-11(2)13(15)7-6-12(10)14(16)8-4-3-5-9-14/h6-7H,3-5,8-9,16H2,1-2H3. The van der Waals surface area contributed by atoms with Crippen LogP contribution in [0.15, 0.2) is 16.6 Å². The lowest BCUT2D eigenvalue weighted by molar-refractivity contribution is 0.301. The van der Waals surface area contributed by atoms with Crippen molar-refractivity contribution in [2.24, 2.45) is 5.73 Å². The molecule has 2 rings (SSSR count). The van der Waals surface area contributed by atoms with Crippen LogP contribution < -0.4 is 5.73 Å². The Bertz CT molecular complexity index is 392. The lowest BCUT2D eigenvalue weighted by atomic mass is 9.75. The van der Waals surface area contributed by atoms with Gasteiger partial charge in [0, 0.05) is 10.0 Å². The van der Waals surface area contributed by atoms with Gasteiger partial charge in [-0.25, -0.2) is 0 Å². The average molecular weight is 282 g/mol. The highest BCUT2D eigenvalue weighted by molar-refractivity contribution is 9.10. The maximum absolute atomic E-state index is 6.58. The van der Waals surface area contributed by atoms with Crippen LogP contribution >= 0.6 is 15.9 Å². The van der Waals surface area contributed by atoms with Crippen LogP contribution in [0.25, 0.3) is 0 Å². The third-order valence-electron chi connectivity index (χ3n) is 4.00. The molecule has 1 fully saturated rings. The molecule has 0 saturated heterocycles. The predicted octanol–water partition coefficient (Wildman–Crippen LogP) is 4.18. The minimum absolute atomic E-state index is 0.0756. The first-order valence-corrected chi connectivity index (χ1v) is 6.89. The highest BCUT2D eigenvalue weighted by Gasteiger charge is 2.31. The lowest BCUT2D eigenvalue weighted by Gasteiger charge is -2.35. The summed E-state index contributed by atoms with van der Waals surface area (Å²) in [6, 6.07) is 4.35. The van der Waals surface area contributed by atoms with Crippen molar-refractivity contribution in [2.45, 2.75) is 51.5 Å². The van der Waals surface area contributed by atoms with E-state index in [4.69, 9.17) is 5.73 Å². The van der Waals surface area contributed by atoms with E-state index >= 15 is 0 Å². The normalized spacial score (nSPS) is 19.8. The summed E-state index contributed by atoms with van der Waals surface area (Å²) in [5.74, 6) is 0. The second-order valence-electron chi connectivity index (χ2n) is 5.06. The van der Waals surface area contributed by atoms with Crippen LogP contribution in [0.5, 0.6) is 0 Å². The predicted molar refractivity (Wildman–Crippen MR) is 72.6 cm³/mol. The van der Waals surface area contributed by atoms with Gasteiger partial charge >= 0.3 is 0 Å². The number of benzene rings is 1. The van der Waals surface area contributed by atoms with E-state index in [-0.39, 0.29) is 5.54 Å². The summed E-state index contributed by atoms with van der Waals surface area (Å²) < 4.78 is 1.19. The highest BCUT2D eigenvalue weighted by atomic mass is 79.9. The molecule has 0 spiro atoms. The van der Waals surface area contributed by atoms with Gasteiger partial charge in [-0.1, -0.05) is 41.3 Å². The minimum Gasteiger partial charge on any atom is -0.321 e. The quantitative estimate of drug-likeness (QED) is 0.821. The Morgan fingerprint density at radius 2 is 1.69 bits per heavy atom. The van der Waals surface area contributed by atoms with Gasteiger partial charge in [-0.3, -0.25) is 0 Å². The van der Waals surface area contributed by atoms with E-state index in [1.165, 1.54) is 40.4 Å². The molecule has 0 atom stereocenters. The van der Waals surface area contributed by atoms with Crippen LogP contribution in [0.2, 0.25) is 0 Å². The largest absolute Gasteiger partial charge is 0.321 e. The van der Waals surface area contributed by atoms with Gasteiger partial charge in [0.2, 0.25) is 0 Å². The summed E-state index contributed by atoms with van der Waals surface area (Å²) >= 11 is 3.58. The topological polar surface area (TPSA) is 26.0 Å². The van der Waals surface area contributed by atoms with Crippen molar-refractivity contribution < 1.29 is 0 Å². The summed E-state index contributed by atoms with van der Waals surface area (Å²) in [5.41, 5.74) is 10.6. The molecule has 16 heavy (non-hydrogen) atoms. The summed E-state index contributed by atoms with van der Waals surface area (Å²) in [6.45, 7) is 4.35. The SMILES string of the molecule is Cc1c(Br)ccc(C2(N)CCCCC2)c1C. The fourth-order valence-electron chi connectivity index (χ4n) is 2.78. The van der Waals surface area contributed by atoms with Crippen molar-refractivity contribution >= 4 is 15.9 Å². The van der Waals surface area contributed by atoms with Gasteiger partial charge < -0.3 is 5.73 Å². The van der Waals surface area contributed by atoms with Gasteiger partial charge in [0.1, 0.15) is 0 Å². The maximum Gasteiger partial charge on any atom is 0.0412 e. The van der Waals surface area contributed by atoms with Crippen LogP contribution in [-0.4, -0.2) is 0 Å². The van der Waals surface area contributed by atoms with Crippen LogP contribution in [0.1, 0.15) is 48.8 Å². The molecule has 1 aliphatic carbocycles. The third kappa shape index (κ3) is 2.05. The van der Waals surface area contributed by atoms with Crippen LogP contribution in [0.3, 0.4) is 0 Å². The molecule has 2 N–H and O–H groups in total. The smallest absolute Gasteiger partial charge is 0.0412 e. The zero-order chi connectivity index (χ0) is 11.8. The zero-order valence-corrected chi connectivity index (χ0v) is 11.7. The molecule has 1 nitrogen and oxygen atoms in total.